The van der Waals surface area contributed by atoms with E-state index in [-0.39, 0.29) is 18.6 Å². The van der Waals surface area contributed by atoms with E-state index in [1.165, 1.54) is 4.90 Å². The number of anilines is 3. The lowest BCUT2D eigenvalue weighted by atomic mass is 9.55. The fourth-order valence-electron chi connectivity index (χ4n) is 7.09. The van der Waals surface area contributed by atoms with E-state index in [4.69, 9.17) is 0 Å². The monoisotopic (exact) mass is 505 g/mol. The number of rotatable bonds is 3. The molecule has 3 aromatic carbocycles. The lowest BCUT2D eigenvalue weighted by Crippen LogP contribution is -2.62. The van der Waals surface area contributed by atoms with Crippen LogP contribution in [0.2, 0.25) is 0 Å². The van der Waals surface area contributed by atoms with Crippen LogP contribution < -0.4 is 15.1 Å². The van der Waals surface area contributed by atoms with E-state index in [9.17, 15) is 24.0 Å². The highest BCUT2D eigenvalue weighted by Gasteiger charge is 2.71. The minimum absolute atomic E-state index is 0.159. The van der Waals surface area contributed by atoms with Crippen LogP contribution >= 0.6 is 0 Å². The second kappa shape index (κ2) is 7.95. The largest absolute Gasteiger partial charge is 0.380 e. The zero-order valence-corrected chi connectivity index (χ0v) is 20.2. The van der Waals surface area contributed by atoms with Crippen molar-refractivity contribution in [2.24, 2.45) is 17.8 Å². The Kier molecular flexibility index (Phi) is 4.73. The van der Waals surface area contributed by atoms with Crippen LogP contribution in [0.3, 0.4) is 0 Å². The summed E-state index contributed by atoms with van der Waals surface area (Å²) >= 11 is 0. The predicted octanol–water partition coefficient (Wildman–Crippen LogP) is 3.08. The Balaban J connectivity index is 1.38. The van der Waals surface area contributed by atoms with E-state index in [2.05, 4.69) is 5.32 Å². The minimum Gasteiger partial charge on any atom is -0.380 e. The van der Waals surface area contributed by atoms with E-state index < -0.39 is 52.8 Å². The summed E-state index contributed by atoms with van der Waals surface area (Å²) in [5.41, 5.74) is 0.696. The highest BCUT2D eigenvalue weighted by molar-refractivity contribution is 6.26. The summed E-state index contributed by atoms with van der Waals surface area (Å²) in [6, 6.07) is 23.7. The smallest absolute Gasteiger partial charge is 0.239 e. The number of benzene rings is 3. The molecule has 1 unspecified atom stereocenters. The normalized spacial score (nSPS) is 29.8. The number of hydrogen-bond acceptors (Lipinski definition) is 6. The number of nitrogens with zero attached hydrogens (tertiary/aromatic N) is 2. The van der Waals surface area contributed by atoms with Gasteiger partial charge in [0, 0.05) is 18.5 Å². The Morgan fingerprint density at radius 1 is 0.658 bits per heavy atom. The number of carbonyl (C=O) groups is 5. The number of nitrogens with one attached hydrogen (secondary N) is 1. The predicted molar refractivity (Wildman–Crippen MR) is 138 cm³/mol. The first-order chi connectivity index (χ1) is 18.4. The molecular formula is C30H23N3O5. The summed E-state index contributed by atoms with van der Waals surface area (Å²) in [4.78, 5) is 71.3. The van der Waals surface area contributed by atoms with Gasteiger partial charge in [0.05, 0.1) is 40.6 Å². The molecule has 1 aliphatic carbocycles. The van der Waals surface area contributed by atoms with E-state index in [1.54, 1.807) is 72.8 Å². The number of carbonyl (C=O) groups excluding carboxylic acids is 5. The molecule has 3 heterocycles. The maximum absolute atomic E-state index is 14.3. The summed E-state index contributed by atoms with van der Waals surface area (Å²) in [5.74, 6) is -4.66. The van der Waals surface area contributed by atoms with Gasteiger partial charge < -0.3 is 5.32 Å². The quantitative estimate of drug-likeness (QED) is 0.549. The molecule has 0 spiro atoms. The molecule has 3 fully saturated rings. The molecule has 2 saturated heterocycles. The van der Waals surface area contributed by atoms with Gasteiger partial charge in [-0.25, -0.2) is 4.90 Å². The topological polar surface area (TPSA) is 104 Å². The molecule has 3 aliphatic heterocycles. The Labute approximate surface area is 218 Å². The number of ketones is 1. The Bertz CT molecular complexity index is 1540. The molecule has 1 N–H and O–H groups in total. The average molecular weight is 506 g/mol. The lowest BCUT2D eigenvalue weighted by molar-refractivity contribution is -0.141. The van der Waals surface area contributed by atoms with Crippen molar-refractivity contribution in [1.82, 2.24) is 0 Å². The van der Waals surface area contributed by atoms with Gasteiger partial charge in [-0.3, -0.25) is 28.9 Å². The van der Waals surface area contributed by atoms with Gasteiger partial charge in [0.2, 0.25) is 23.6 Å². The molecule has 4 amide bonds. The van der Waals surface area contributed by atoms with E-state index in [0.29, 0.717) is 22.6 Å². The van der Waals surface area contributed by atoms with E-state index >= 15 is 0 Å². The minimum atomic E-state index is -1.45. The molecule has 5 atom stereocenters. The number of fused-ring (bicyclic) bond motifs is 5. The molecule has 8 nitrogen and oxygen atoms in total. The molecule has 4 aliphatic rings. The maximum atomic E-state index is 14.3. The van der Waals surface area contributed by atoms with Crippen molar-refractivity contribution in [2.75, 3.05) is 15.1 Å². The van der Waals surface area contributed by atoms with Crippen molar-refractivity contribution >= 4 is 46.5 Å². The van der Waals surface area contributed by atoms with Crippen molar-refractivity contribution in [3.63, 3.8) is 0 Å². The molecule has 38 heavy (non-hydrogen) atoms. The highest BCUT2D eigenvalue weighted by atomic mass is 16.2. The Hall–Kier alpha value is -4.59. The molecular weight excluding hydrogens is 482 g/mol. The van der Waals surface area contributed by atoms with Crippen molar-refractivity contribution in [2.45, 2.75) is 24.3 Å². The summed E-state index contributed by atoms with van der Waals surface area (Å²) in [6.07, 6.45) is -0.331. The van der Waals surface area contributed by atoms with Gasteiger partial charge in [0.15, 0.2) is 0 Å². The Morgan fingerprint density at radius 2 is 1.26 bits per heavy atom. The van der Waals surface area contributed by atoms with E-state index in [1.807, 2.05) is 12.1 Å². The SMILES string of the molecule is O=C1CC([C@]23C(=O)C[C@H]4C(=O)N(c5ccccc5)C(=O)[C@H]4[C@H]2Nc2ccccc23)C(=O)N1c1ccccc1. The van der Waals surface area contributed by atoms with Crippen LogP contribution in [0.4, 0.5) is 17.1 Å². The number of Topliss-reactive ketones (excluding diaryl/α,β-unsaturated/α-hetero) is 1. The van der Waals surface area contributed by atoms with Crippen molar-refractivity contribution in [1.29, 1.82) is 0 Å². The first kappa shape index (κ1) is 22.6. The second-order valence-corrected chi connectivity index (χ2v) is 10.3. The molecule has 0 aromatic heterocycles. The van der Waals surface area contributed by atoms with Crippen molar-refractivity contribution < 1.29 is 24.0 Å². The van der Waals surface area contributed by atoms with Gasteiger partial charge in [-0.2, -0.15) is 0 Å². The number of imide groups is 2. The van der Waals surface area contributed by atoms with Crippen molar-refractivity contribution in [3.05, 3.63) is 90.5 Å². The molecule has 1 saturated carbocycles. The number of amides is 4. The van der Waals surface area contributed by atoms with Crippen LogP contribution in [0.5, 0.6) is 0 Å². The van der Waals surface area contributed by atoms with Gasteiger partial charge in [0.25, 0.3) is 0 Å². The van der Waals surface area contributed by atoms with Gasteiger partial charge in [-0.05, 0) is 35.9 Å². The molecule has 8 heteroatoms. The van der Waals surface area contributed by atoms with Crippen LogP contribution in [0.25, 0.3) is 0 Å². The summed E-state index contributed by atoms with van der Waals surface area (Å²) in [6.45, 7) is 0. The molecule has 7 rings (SSSR count). The molecule has 0 radical (unpaired) electrons. The Morgan fingerprint density at radius 3 is 1.95 bits per heavy atom. The summed E-state index contributed by atoms with van der Waals surface area (Å²) in [7, 11) is 0. The standard InChI is InChI=1S/C30H23N3O5/c34-23-15-19-25(29(38)33(27(19)36)18-11-5-2-6-12-18)26-30(23,20-13-7-8-14-22(20)31-26)21-16-24(35)32(28(21)37)17-9-3-1-4-10-17/h1-14,19,21,25-26,31H,15-16H2/t19-,21?,25-,26-,30-/m1/s1. The maximum Gasteiger partial charge on any atom is 0.239 e. The van der Waals surface area contributed by atoms with Crippen LogP contribution in [-0.2, 0) is 29.4 Å². The molecule has 0 bridgehead atoms. The van der Waals surface area contributed by atoms with Gasteiger partial charge in [-0.15, -0.1) is 0 Å². The van der Waals surface area contributed by atoms with Crippen LogP contribution in [0.1, 0.15) is 18.4 Å². The van der Waals surface area contributed by atoms with Crippen LogP contribution in [0.15, 0.2) is 84.9 Å². The third-order valence-corrected chi connectivity index (χ3v) is 8.60. The van der Waals surface area contributed by atoms with Gasteiger partial charge in [-0.1, -0.05) is 54.6 Å². The zero-order valence-electron chi connectivity index (χ0n) is 20.2. The van der Waals surface area contributed by atoms with Crippen LogP contribution in [-0.4, -0.2) is 35.5 Å². The summed E-state index contributed by atoms with van der Waals surface area (Å²) < 4.78 is 0. The number of para-hydroxylation sites is 3. The second-order valence-electron chi connectivity index (χ2n) is 10.3. The first-order valence-corrected chi connectivity index (χ1v) is 12.7. The van der Waals surface area contributed by atoms with Crippen LogP contribution in [0, 0.1) is 17.8 Å². The van der Waals surface area contributed by atoms with Crippen molar-refractivity contribution in [3.8, 4) is 0 Å². The highest BCUT2D eigenvalue weighted by Crippen LogP contribution is 2.58. The fraction of sp³-hybridized carbons (Fsp3) is 0.233. The third kappa shape index (κ3) is 2.77. The van der Waals surface area contributed by atoms with Gasteiger partial charge >= 0.3 is 0 Å². The fourth-order valence-corrected chi connectivity index (χ4v) is 7.09. The number of hydrogen-bond donors (Lipinski definition) is 1. The summed E-state index contributed by atoms with van der Waals surface area (Å²) in [5, 5.41) is 3.37. The zero-order chi connectivity index (χ0) is 26.2. The first-order valence-electron chi connectivity index (χ1n) is 12.7. The lowest BCUT2D eigenvalue weighted by Gasteiger charge is -2.45. The third-order valence-electron chi connectivity index (χ3n) is 8.60. The van der Waals surface area contributed by atoms with Gasteiger partial charge in [0.1, 0.15) is 5.78 Å². The molecule has 3 aromatic rings. The molecule has 188 valence electrons. The van der Waals surface area contributed by atoms with E-state index in [0.717, 1.165) is 4.90 Å². The average Bonchev–Trinajstić information content (AvgIpc) is 3.52.